The van der Waals surface area contributed by atoms with Crippen molar-refractivity contribution < 1.29 is 9.90 Å². The standard InChI is InChI=1S/C23H24ClN3O2/c24-22-10-9-15(13-25-22)11-17-12-20(27-19-7-3-2-6-18(17)19)23(29)26-14-16-5-1-4-8-21(16)28/h2-3,6-7,9-10,12-13,16,21,28H,1,4-5,8,11,14H2,(H,26,29)/t16-,21+/m1/s1. The summed E-state index contributed by atoms with van der Waals surface area (Å²) in [5.74, 6) is -0.0863. The van der Waals surface area contributed by atoms with Crippen LogP contribution in [0.5, 0.6) is 0 Å². The molecule has 0 spiro atoms. The Hall–Kier alpha value is -2.50. The van der Waals surface area contributed by atoms with Gasteiger partial charge in [0.05, 0.1) is 11.6 Å². The van der Waals surface area contributed by atoms with Gasteiger partial charge in [-0.15, -0.1) is 0 Å². The second-order valence-corrected chi connectivity index (χ2v) is 8.06. The van der Waals surface area contributed by atoms with Crippen molar-refractivity contribution in [2.75, 3.05) is 6.54 Å². The molecule has 29 heavy (non-hydrogen) atoms. The Balaban J connectivity index is 1.57. The Kier molecular flexibility index (Phi) is 6.07. The molecule has 0 bridgehead atoms. The Morgan fingerprint density at radius 2 is 2.00 bits per heavy atom. The van der Waals surface area contributed by atoms with Crippen molar-refractivity contribution >= 4 is 28.4 Å². The quantitative estimate of drug-likeness (QED) is 0.620. The number of amides is 1. The lowest BCUT2D eigenvalue weighted by atomic mass is 9.86. The van der Waals surface area contributed by atoms with E-state index in [1.165, 1.54) is 0 Å². The summed E-state index contributed by atoms with van der Waals surface area (Å²) in [5.41, 5.74) is 3.21. The average molecular weight is 410 g/mol. The van der Waals surface area contributed by atoms with Crippen LogP contribution in [0.3, 0.4) is 0 Å². The molecule has 1 fully saturated rings. The van der Waals surface area contributed by atoms with Crippen molar-refractivity contribution in [3.05, 3.63) is 70.6 Å². The fourth-order valence-corrected chi connectivity index (χ4v) is 4.09. The van der Waals surface area contributed by atoms with Gasteiger partial charge >= 0.3 is 0 Å². The van der Waals surface area contributed by atoms with Gasteiger partial charge in [0.25, 0.3) is 5.91 Å². The zero-order valence-corrected chi connectivity index (χ0v) is 16.9. The number of carbonyl (C=O) groups is 1. The summed E-state index contributed by atoms with van der Waals surface area (Å²) in [7, 11) is 0. The first kappa shape index (κ1) is 19.8. The van der Waals surface area contributed by atoms with Gasteiger partial charge in [0.15, 0.2) is 0 Å². The summed E-state index contributed by atoms with van der Waals surface area (Å²) in [4.78, 5) is 21.5. The number of fused-ring (bicyclic) bond motifs is 1. The molecule has 1 aliphatic rings. The number of halogens is 1. The second kappa shape index (κ2) is 8.89. The topological polar surface area (TPSA) is 75.1 Å². The zero-order valence-electron chi connectivity index (χ0n) is 16.1. The monoisotopic (exact) mass is 409 g/mol. The molecule has 1 amide bonds. The molecule has 1 aromatic carbocycles. The fraction of sp³-hybridized carbons (Fsp3) is 0.348. The van der Waals surface area contributed by atoms with Crippen molar-refractivity contribution in [1.82, 2.24) is 15.3 Å². The third-order valence-corrected chi connectivity index (χ3v) is 5.84. The van der Waals surface area contributed by atoms with Crippen LogP contribution in [0.4, 0.5) is 0 Å². The number of benzene rings is 1. The van der Waals surface area contributed by atoms with Crippen LogP contribution < -0.4 is 5.32 Å². The van der Waals surface area contributed by atoms with E-state index in [-0.39, 0.29) is 17.9 Å². The summed E-state index contributed by atoms with van der Waals surface area (Å²) in [6, 6.07) is 13.4. The summed E-state index contributed by atoms with van der Waals surface area (Å²) in [5, 5.41) is 14.6. The van der Waals surface area contributed by atoms with Crippen LogP contribution in [-0.4, -0.2) is 33.6 Å². The second-order valence-electron chi connectivity index (χ2n) is 7.67. The minimum Gasteiger partial charge on any atom is -0.393 e. The Bertz CT molecular complexity index is 1010. The molecule has 2 atom stereocenters. The van der Waals surface area contributed by atoms with E-state index < -0.39 is 0 Å². The van der Waals surface area contributed by atoms with E-state index in [1.54, 1.807) is 12.3 Å². The molecule has 4 rings (SSSR count). The normalized spacial score (nSPS) is 19.2. The van der Waals surface area contributed by atoms with E-state index in [9.17, 15) is 9.90 Å². The van der Waals surface area contributed by atoms with Gasteiger partial charge in [0.1, 0.15) is 10.8 Å². The highest BCUT2D eigenvalue weighted by Gasteiger charge is 2.24. The fourth-order valence-electron chi connectivity index (χ4n) is 3.98. The lowest BCUT2D eigenvalue weighted by Crippen LogP contribution is -2.37. The third kappa shape index (κ3) is 4.74. The van der Waals surface area contributed by atoms with Gasteiger partial charge in [0, 0.05) is 24.0 Å². The molecule has 0 unspecified atom stereocenters. The van der Waals surface area contributed by atoms with Crippen molar-refractivity contribution in [2.24, 2.45) is 5.92 Å². The molecular weight excluding hydrogens is 386 g/mol. The van der Waals surface area contributed by atoms with Crippen molar-refractivity contribution in [3.8, 4) is 0 Å². The first-order chi connectivity index (χ1) is 14.1. The van der Waals surface area contributed by atoms with Crippen LogP contribution in [0.2, 0.25) is 5.15 Å². The molecule has 0 radical (unpaired) electrons. The molecule has 5 nitrogen and oxygen atoms in total. The molecule has 150 valence electrons. The number of nitrogens with zero attached hydrogens (tertiary/aromatic N) is 2. The van der Waals surface area contributed by atoms with Gasteiger partial charge in [-0.05, 0) is 48.6 Å². The maximum absolute atomic E-state index is 12.8. The van der Waals surface area contributed by atoms with Crippen LogP contribution in [0.15, 0.2) is 48.7 Å². The van der Waals surface area contributed by atoms with Crippen LogP contribution in [0, 0.1) is 5.92 Å². The SMILES string of the molecule is O=C(NC[C@H]1CCCC[C@@H]1O)c1cc(Cc2ccc(Cl)nc2)c2ccccc2n1. The number of carbonyl (C=O) groups excluding carboxylic acids is 1. The van der Waals surface area contributed by atoms with Crippen LogP contribution in [0.25, 0.3) is 10.9 Å². The van der Waals surface area contributed by atoms with Crippen LogP contribution in [0.1, 0.15) is 47.3 Å². The number of rotatable bonds is 5. The van der Waals surface area contributed by atoms with Gasteiger partial charge in [-0.3, -0.25) is 4.79 Å². The van der Waals surface area contributed by atoms with Crippen molar-refractivity contribution in [3.63, 3.8) is 0 Å². The van der Waals surface area contributed by atoms with E-state index in [4.69, 9.17) is 11.6 Å². The average Bonchev–Trinajstić information content (AvgIpc) is 2.74. The smallest absolute Gasteiger partial charge is 0.269 e. The molecule has 3 aromatic rings. The van der Waals surface area contributed by atoms with E-state index in [0.29, 0.717) is 23.8 Å². The van der Waals surface area contributed by atoms with E-state index in [1.807, 2.05) is 36.4 Å². The van der Waals surface area contributed by atoms with Crippen LogP contribution >= 0.6 is 11.6 Å². The van der Waals surface area contributed by atoms with Gasteiger partial charge in [-0.25, -0.2) is 9.97 Å². The number of aromatic nitrogens is 2. The molecular formula is C23H24ClN3O2. The van der Waals surface area contributed by atoms with Crippen molar-refractivity contribution in [2.45, 2.75) is 38.2 Å². The number of aliphatic hydroxyl groups is 1. The maximum atomic E-state index is 12.8. The zero-order chi connectivity index (χ0) is 20.2. The molecule has 1 saturated carbocycles. The minimum atomic E-state index is -0.332. The summed E-state index contributed by atoms with van der Waals surface area (Å²) in [6.45, 7) is 0.477. The maximum Gasteiger partial charge on any atom is 0.269 e. The van der Waals surface area contributed by atoms with E-state index in [2.05, 4.69) is 15.3 Å². The van der Waals surface area contributed by atoms with Gasteiger partial charge in [-0.1, -0.05) is 48.7 Å². The van der Waals surface area contributed by atoms with Crippen LogP contribution in [-0.2, 0) is 6.42 Å². The molecule has 0 saturated heterocycles. The number of hydrogen-bond acceptors (Lipinski definition) is 4. The largest absolute Gasteiger partial charge is 0.393 e. The molecule has 2 aromatic heterocycles. The lowest BCUT2D eigenvalue weighted by Gasteiger charge is -2.27. The Morgan fingerprint density at radius 3 is 2.79 bits per heavy atom. The minimum absolute atomic E-state index is 0.118. The van der Waals surface area contributed by atoms with E-state index >= 15 is 0 Å². The highest BCUT2D eigenvalue weighted by atomic mass is 35.5. The molecule has 1 aliphatic carbocycles. The highest BCUT2D eigenvalue weighted by Crippen LogP contribution is 2.24. The number of nitrogens with one attached hydrogen (secondary N) is 1. The lowest BCUT2D eigenvalue weighted by molar-refractivity contribution is 0.0661. The molecule has 6 heteroatoms. The van der Waals surface area contributed by atoms with E-state index in [0.717, 1.165) is 47.7 Å². The first-order valence-electron chi connectivity index (χ1n) is 10.1. The number of para-hydroxylation sites is 1. The number of hydrogen-bond donors (Lipinski definition) is 2. The number of aliphatic hydroxyl groups excluding tert-OH is 1. The summed E-state index contributed by atoms with van der Waals surface area (Å²) < 4.78 is 0. The molecule has 2 heterocycles. The highest BCUT2D eigenvalue weighted by molar-refractivity contribution is 6.29. The molecule has 2 N–H and O–H groups in total. The van der Waals surface area contributed by atoms with Crippen molar-refractivity contribution in [1.29, 1.82) is 0 Å². The summed E-state index contributed by atoms with van der Waals surface area (Å²) in [6.07, 6.45) is 5.97. The predicted molar refractivity (Wildman–Crippen MR) is 114 cm³/mol. The van der Waals surface area contributed by atoms with Gasteiger partial charge < -0.3 is 10.4 Å². The van der Waals surface area contributed by atoms with Gasteiger partial charge in [-0.2, -0.15) is 0 Å². The third-order valence-electron chi connectivity index (χ3n) is 5.61. The predicted octanol–water partition coefficient (Wildman–Crippen LogP) is 4.15. The Labute approximate surface area is 175 Å². The Morgan fingerprint density at radius 1 is 1.17 bits per heavy atom. The van der Waals surface area contributed by atoms with Gasteiger partial charge in [0.2, 0.25) is 0 Å². The summed E-state index contributed by atoms with van der Waals surface area (Å²) >= 11 is 5.89. The molecule has 0 aliphatic heterocycles. The first-order valence-corrected chi connectivity index (χ1v) is 10.4. The number of pyridine rings is 2.